The Hall–Kier alpha value is -1.30. The van der Waals surface area contributed by atoms with Crippen LogP contribution < -0.4 is 0 Å². The first-order valence-corrected chi connectivity index (χ1v) is 4.36. The second-order valence-corrected chi connectivity index (χ2v) is 3.33. The molecule has 0 aromatic heterocycles. The maximum Gasteiger partial charge on any atom is -0.0140 e. The molecule has 57 valence electrons. The van der Waals surface area contributed by atoms with Crippen LogP contribution in [0.1, 0.15) is 11.1 Å². The molecule has 0 saturated carbocycles. The molecule has 0 bridgehead atoms. The Morgan fingerprint density at radius 2 is 2.00 bits per heavy atom. The molecule has 1 aliphatic carbocycles. The average molecular weight is 153 g/mol. The molecular weight excluding hydrogens is 144 g/mol. The third-order valence-corrected chi connectivity index (χ3v) is 2.68. The molecule has 0 atom stereocenters. The van der Waals surface area contributed by atoms with Crippen molar-refractivity contribution in [3.8, 4) is 0 Å². The number of hydrogen-bond acceptors (Lipinski definition) is 0. The average Bonchev–Trinajstić information content (AvgIpc) is 2.05. The van der Waals surface area contributed by atoms with Gasteiger partial charge in [0.15, 0.2) is 0 Å². The number of aryl methyl sites for hydroxylation is 2. The first kappa shape index (κ1) is 6.24. The maximum absolute atomic E-state index is 3.33. The van der Waals surface area contributed by atoms with Crippen LogP contribution in [0, 0.1) is 6.07 Å². The van der Waals surface area contributed by atoms with Crippen molar-refractivity contribution in [3.05, 3.63) is 47.5 Å². The summed E-state index contributed by atoms with van der Waals surface area (Å²) >= 11 is 0. The van der Waals surface area contributed by atoms with Crippen molar-refractivity contribution in [2.24, 2.45) is 0 Å². The fourth-order valence-electron chi connectivity index (χ4n) is 1.89. The third kappa shape index (κ3) is 0.672. The van der Waals surface area contributed by atoms with E-state index in [1.807, 2.05) is 0 Å². The molecule has 0 amide bonds. The van der Waals surface area contributed by atoms with Crippen molar-refractivity contribution in [1.29, 1.82) is 0 Å². The summed E-state index contributed by atoms with van der Waals surface area (Å²) in [4.78, 5) is 0. The van der Waals surface area contributed by atoms with E-state index in [1.54, 1.807) is 0 Å². The highest BCUT2D eigenvalue weighted by Crippen LogP contribution is 2.29. The highest BCUT2D eigenvalue weighted by molar-refractivity contribution is 5.87. The van der Waals surface area contributed by atoms with Gasteiger partial charge in [-0.3, -0.25) is 0 Å². The van der Waals surface area contributed by atoms with E-state index < -0.39 is 0 Å². The van der Waals surface area contributed by atoms with Gasteiger partial charge in [-0.2, -0.15) is 0 Å². The first-order valence-electron chi connectivity index (χ1n) is 4.36. The first-order chi connectivity index (χ1) is 5.95. The molecule has 0 N–H and O–H groups in total. The van der Waals surface area contributed by atoms with E-state index in [1.165, 1.54) is 34.7 Å². The summed E-state index contributed by atoms with van der Waals surface area (Å²) in [6, 6.07) is 14.0. The number of hydrogen-bond donors (Lipinski definition) is 0. The molecule has 0 heteroatoms. The van der Waals surface area contributed by atoms with Crippen LogP contribution in [-0.2, 0) is 12.8 Å². The van der Waals surface area contributed by atoms with Gasteiger partial charge in [-0.25, -0.2) is 0 Å². The van der Waals surface area contributed by atoms with Crippen LogP contribution in [0.15, 0.2) is 30.3 Å². The van der Waals surface area contributed by atoms with Gasteiger partial charge in [0.2, 0.25) is 0 Å². The second-order valence-electron chi connectivity index (χ2n) is 3.33. The van der Waals surface area contributed by atoms with Crippen LogP contribution in [0.2, 0.25) is 0 Å². The predicted octanol–water partition coefficient (Wildman–Crippen LogP) is 2.74. The molecule has 0 spiro atoms. The summed E-state index contributed by atoms with van der Waals surface area (Å²) < 4.78 is 0. The quantitative estimate of drug-likeness (QED) is 0.546. The summed E-state index contributed by atoms with van der Waals surface area (Å²) in [5, 5.41) is 2.76. The molecule has 1 aliphatic rings. The van der Waals surface area contributed by atoms with E-state index >= 15 is 0 Å². The lowest BCUT2D eigenvalue weighted by atomic mass is 9.84. The normalized spacial score (nSPS) is 14.0. The Morgan fingerprint density at radius 3 is 2.83 bits per heavy atom. The van der Waals surface area contributed by atoms with Crippen molar-refractivity contribution >= 4 is 10.8 Å². The molecule has 0 aliphatic heterocycles. The summed E-state index contributed by atoms with van der Waals surface area (Å²) in [6.07, 6.45) is 2.47. The number of benzene rings is 2. The SMILES string of the molecule is [c]1cc2ccccc2c2c1CC2. The van der Waals surface area contributed by atoms with Gasteiger partial charge in [-0.1, -0.05) is 24.3 Å². The van der Waals surface area contributed by atoms with Crippen LogP contribution >= 0.6 is 0 Å². The molecule has 0 fully saturated rings. The molecule has 0 heterocycles. The van der Waals surface area contributed by atoms with E-state index in [-0.39, 0.29) is 0 Å². The Bertz CT molecular complexity index is 441. The zero-order chi connectivity index (χ0) is 7.97. The van der Waals surface area contributed by atoms with Gasteiger partial charge in [-0.15, -0.1) is 0 Å². The van der Waals surface area contributed by atoms with Crippen LogP contribution in [0.3, 0.4) is 0 Å². The van der Waals surface area contributed by atoms with E-state index in [0.717, 1.165) is 0 Å². The van der Waals surface area contributed by atoms with Crippen molar-refractivity contribution in [1.82, 2.24) is 0 Å². The van der Waals surface area contributed by atoms with Crippen LogP contribution in [-0.4, -0.2) is 0 Å². The van der Waals surface area contributed by atoms with Crippen molar-refractivity contribution in [3.63, 3.8) is 0 Å². The fourth-order valence-corrected chi connectivity index (χ4v) is 1.89. The summed E-state index contributed by atoms with van der Waals surface area (Å²) in [6.45, 7) is 0. The lowest BCUT2D eigenvalue weighted by molar-refractivity contribution is 0.850. The van der Waals surface area contributed by atoms with Crippen LogP contribution in [0.5, 0.6) is 0 Å². The Balaban J connectivity index is 2.49. The highest BCUT2D eigenvalue weighted by Gasteiger charge is 2.15. The smallest absolute Gasteiger partial charge is 0.0140 e. The van der Waals surface area contributed by atoms with E-state index in [2.05, 4.69) is 36.4 Å². The minimum Gasteiger partial charge on any atom is -0.0616 e. The molecule has 3 rings (SSSR count). The van der Waals surface area contributed by atoms with Gasteiger partial charge >= 0.3 is 0 Å². The molecule has 0 unspecified atom stereocenters. The zero-order valence-electron chi connectivity index (χ0n) is 6.80. The van der Waals surface area contributed by atoms with Gasteiger partial charge in [0, 0.05) is 0 Å². The Kier molecular flexibility index (Phi) is 1.09. The minimum atomic E-state index is 1.22. The maximum atomic E-state index is 3.33. The van der Waals surface area contributed by atoms with E-state index in [9.17, 15) is 0 Å². The fraction of sp³-hybridized carbons (Fsp3) is 0.167. The van der Waals surface area contributed by atoms with Crippen LogP contribution in [0.25, 0.3) is 10.8 Å². The Morgan fingerprint density at radius 1 is 1.08 bits per heavy atom. The lowest BCUT2D eigenvalue weighted by Crippen LogP contribution is -2.08. The number of rotatable bonds is 0. The topological polar surface area (TPSA) is 0 Å². The van der Waals surface area contributed by atoms with Gasteiger partial charge in [-0.05, 0) is 46.9 Å². The Labute approximate surface area is 71.8 Å². The second kappa shape index (κ2) is 2.10. The van der Waals surface area contributed by atoms with Gasteiger partial charge in [0.1, 0.15) is 0 Å². The zero-order valence-corrected chi connectivity index (χ0v) is 6.80. The predicted molar refractivity (Wildman–Crippen MR) is 50.2 cm³/mol. The molecule has 2 aromatic rings. The minimum absolute atomic E-state index is 1.22. The molecule has 0 saturated heterocycles. The summed E-state index contributed by atoms with van der Waals surface area (Å²) in [5.74, 6) is 0. The monoisotopic (exact) mass is 153 g/mol. The third-order valence-electron chi connectivity index (χ3n) is 2.68. The van der Waals surface area contributed by atoms with Gasteiger partial charge in [0.25, 0.3) is 0 Å². The van der Waals surface area contributed by atoms with E-state index in [0.29, 0.717) is 0 Å². The van der Waals surface area contributed by atoms with Gasteiger partial charge in [0.05, 0.1) is 0 Å². The summed E-state index contributed by atoms with van der Waals surface area (Å²) in [5.41, 5.74) is 2.95. The largest absolute Gasteiger partial charge is 0.0616 e. The van der Waals surface area contributed by atoms with Crippen LogP contribution in [0.4, 0.5) is 0 Å². The van der Waals surface area contributed by atoms with Crippen molar-refractivity contribution < 1.29 is 0 Å². The lowest BCUT2D eigenvalue weighted by Gasteiger charge is -2.20. The molecular formula is C12H9. The summed E-state index contributed by atoms with van der Waals surface area (Å²) in [7, 11) is 0. The van der Waals surface area contributed by atoms with Gasteiger partial charge < -0.3 is 0 Å². The molecule has 12 heavy (non-hydrogen) atoms. The van der Waals surface area contributed by atoms with E-state index in [4.69, 9.17) is 0 Å². The van der Waals surface area contributed by atoms with Crippen molar-refractivity contribution in [2.45, 2.75) is 12.8 Å². The highest BCUT2D eigenvalue weighted by atomic mass is 14.2. The van der Waals surface area contributed by atoms with Crippen molar-refractivity contribution in [2.75, 3.05) is 0 Å². The standard InChI is InChI=1S/C12H9/c1-2-4-11-9(3-1)5-6-10-7-8-12(10)11/h1-5H,7-8H2. The number of fused-ring (bicyclic) bond motifs is 3. The molecule has 1 radical (unpaired) electrons. The molecule has 2 aromatic carbocycles. The molecule has 0 nitrogen and oxygen atoms in total.